The zero-order valence-electron chi connectivity index (χ0n) is 10.6. The van der Waals surface area contributed by atoms with Crippen LogP contribution in [-0.4, -0.2) is 24.9 Å². The van der Waals surface area contributed by atoms with E-state index in [1.807, 2.05) is 30.3 Å². The summed E-state index contributed by atoms with van der Waals surface area (Å²) in [5.41, 5.74) is 5.57. The SMILES string of the molecule is CCCCOCCC(O)(CN)c1ccccc1. The van der Waals surface area contributed by atoms with Gasteiger partial charge in [0.15, 0.2) is 0 Å². The highest BCUT2D eigenvalue weighted by Gasteiger charge is 2.26. The third kappa shape index (κ3) is 4.46. The van der Waals surface area contributed by atoms with Crippen molar-refractivity contribution < 1.29 is 9.84 Å². The number of hydrogen-bond donors (Lipinski definition) is 2. The molecular formula is C14H23NO2. The summed E-state index contributed by atoms with van der Waals surface area (Å²) in [5.74, 6) is 0. The van der Waals surface area contributed by atoms with Gasteiger partial charge in [-0.25, -0.2) is 0 Å². The summed E-state index contributed by atoms with van der Waals surface area (Å²) in [6.45, 7) is 3.65. The van der Waals surface area contributed by atoms with Crippen molar-refractivity contribution in [3.8, 4) is 0 Å². The van der Waals surface area contributed by atoms with Crippen LogP contribution in [0.5, 0.6) is 0 Å². The Balaban J connectivity index is 2.46. The van der Waals surface area contributed by atoms with Crippen LogP contribution < -0.4 is 5.73 Å². The van der Waals surface area contributed by atoms with E-state index in [1.54, 1.807) is 0 Å². The van der Waals surface area contributed by atoms with Gasteiger partial charge in [0, 0.05) is 26.2 Å². The van der Waals surface area contributed by atoms with Crippen molar-refractivity contribution in [2.24, 2.45) is 5.73 Å². The topological polar surface area (TPSA) is 55.5 Å². The normalized spacial score (nSPS) is 14.5. The minimum Gasteiger partial charge on any atom is -0.384 e. The Morgan fingerprint density at radius 2 is 1.94 bits per heavy atom. The van der Waals surface area contributed by atoms with E-state index < -0.39 is 5.60 Å². The molecule has 0 fully saturated rings. The molecule has 1 aromatic carbocycles. The summed E-state index contributed by atoms with van der Waals surface area (Å²) in [7, 11) is 0. The van der Waals surface area contributed by atoms with E-state index in [-0.39, 0.29) is 6.54 Å². The minimum atomic E-state index is -0.965. The molecular weight excluding hydrogens is 214 g/mol. The van der Waals surface area contributed by atoms with Crippen molar-refractivity contribution in [1.82, 2.24) is 0 Å². The Morgan fingerprint density at radius 3 is 2.53 bits per heavy atom. The number of ether oxygens (including phenoxy) is 1. The summed E-state index contributed by atoms with van der Waals surface area (Å²) in [5, 5.41) is 10.4. The fourth-order valence-electron chi connectivity index (χ4n) is 1.70. The lowest BCUT2D eigenvalue weighted by atomic mass is 9.91. The molecule has 0 aliphatic rings. The quantitative estimate of drug-likeness (QED) is 0.680. The summed E-state index contributed by atoms with van der Waals surface area (Å²) < 4.78 is 5.48. The number of benzene rings is 1. The Hall–Kier alpha value is -0.900. The van der Waals surface area contributed by atoms with Crippen LogP contribution in [-0.2, 0) is 10.3 Å². The van der Waals surface area contributed by atoms with E-state index in [2.05, 4.69) is 6.92 Å². The second-order valence-corrected chi connectivity index (χ2v) is 4.32. The maximum Gasteiger partial charge on any atom is 0.104 e. The molecule has 0 saturated carbocycles. The van der Waals surface area contributed by atoms with Gasteiger partial charge in [-0.15, -0.1) is 0 Å². The zero-order valence-corrected chi connectivity index (χ0v) is 10.6. The second-order valence-electron chi connectivity index (χ2n) is 4.32. The van der Waals surface area contributed by atoms with Gasteiger partial charge in [0.25, 0.3) is 0 Å². The van der Waals surface area contributed by atoms with Crippen LogP contribution in [0.1, 0.15) is 31.7 Å². The highest BCUT2D eigenvalue weighted by molar-refractivity contribution is 5.22. The van der Waals surface area contributed by atoms with E-state index in [1.165, 1.54) is 0 Å². The van der Waals surface area contributed by atoms with Gasteiger partial charge in [-0.1, -0.05) is 43.7 Å². The molecule has 1 aromatic rings. The first-order valence-electron chi connectivity index (χ1n) is 6.28. The Morgan fingerprint density at radius 1 is 1.24 bits per heavy atom. The van der Waals surface area contributed by atoms with Crippen LogP contribution in [0.2, 0.25) is 0 Å². The lowest BCUT2D eigenvalue weighted by Gasteiger charge is -2.27. The molecule has 0 aromatic heterocycles. The molecule has 0 aliphatic carbocycles. The average molecular weight is 237 g/mol. The molecule has 3 nitrogen and oxygen atoms in total. The van der Waals surface area contributed by atoms with E-state index in [0.29, 0.717) is 13.0 Å². The third-order valence-corrected chi connectivity index (χ3v) is 2.95. The van der Waals surface area contributed by atoms with E-state index >= 15 is 0 Å². The Bertz CT molecular complexity index is 302. The fraction of sp³-hybridized carbons (Fsp3) is 0.571. The minimum absolute atomic E-state index is 0.216. The van der Waals surface area contributed by atoms with E-state index in [9.17, 15) is 5.11 Å². The summed E-state index contributed by atoms with van der Waals surface area (Å²) in [6.07, 6.45) is 2.73. The lowest BCUT2D eigenvalue weighted by molar-refractivity contribution is 0.00242. The molecule has 1 atom stereocenters. The molecule has 96 valence electrons. The first-order chi connectivity index (χ1) is 8.23. The van der Waals surface area contributed by atoms with Crippen LogP contribution in [0.3, 0.4) is 0 Å². The number of unbranched alkanes of at least 4 members (excludes halogenated alkanes) is 1. The molecule has 0 amide bonds. The van der Waals surface area contributed by atoms with Gasteiger partial charge >= 0.3 is 0 Å². The number of rotatable bonds is 8. The van der Waals surface area contributed by atoms with E-state index in [0.717, 1.165) is 25.0 Å². The lowest BCUT2D eigenvalue weighted by Crippen LogP contribution is -2.36. The third-order valence-electron chi connectivity index (χ3n) is 2.95. The number of aliphatic hydroxyl groups is 1. The molecule has 0 heterocycles. The first kappa shape index (κ1) is 14.2. The van der Waals surface area contributed by atoms with Crippen molar-refractivity contribution in [2.45, 2.75) is 31.8 Å². The highest BCUT2D eigenvalue weighted by atomic mass is 16.5. The van der Waals surface area contributed by atoms with E-state index in [4.69, 9.17) is 10.5 Å². The molecule has 0 radical (unpaired) electrons. The average Bonchev–Trinajstić information content (AvgIpc) is 2.39. The van der Waals surface area contributed by atoms with Crippen LogP contribution >= 0.6 is 0 Å². The molecule has 3 heteroatoms. The predicted octanol–water partition coefficient (Wildman–Crippen LogP) is 2.04. The largest absolute Gasteiger partial charge is 0.384 e. The molecule has 1 rings (SSSR count). The number of hydrogen-bond acceptors (Lipinski definition) is 3. The van der Waals surface area contributed by atoms with Gasteiger partial charge < -0.3 is 15.6 Å². The van der Waals surface area contributed by atoms with Gasteiger partial charge in [0.05, 0.1) is 0 Å². The molecule has 0 saturated heterocycles. The fourth-order valence-corrected chi connectivity index (χ4v) is 1.70. The molecule has 1 unspecified atom stereocenters. The van der Waals surface area contributed by atoms with Crippen molar-refractivity contribution in [3.05, 3.63) is 35.9 Å². The van der Waals surface area contributed by atoms with Crippen LogP contribution in [0.15, 0.2) is 30.3 Å². The maximum absolute atomic E-state index is 10.4. The van der Waals surface area contributed by atoms with Crippen molar-refractivity contribution in [3.63, 3.8) is 0 Å². The summed E-state index contributed by atoms with van der Waals surface area (Å²) in [6, 6.07) is 9.55. The van der Waals surface area contributed by atoms with Crippen molar-refractivity contribution in [1.29, 1.82) is 0 Å². The molecule has 0 spiro atoms. The van der Waals surface area contributed by atoms with Gasteiger partial charge in [-0.3, -0.25) is 0 Å². The molecule has 3 N–H and O–H groups in total. The van der Waals surface area contributed by atoms with Gasteiger partial charge in [0.1, 0.15) is 5.60 Å². The Kier molecular flexibility index (Phi) is 6.19. The van der Waals surface area contributed by atoms with Gasteiger partial charge in [0.2, 0.25) is 0 Å². The molecule has 0 bridgehead atoms. The van der Waals surface area contributed by atoms with Crippen LogP contribution in [0.4, 0.5) is 0 Å². The number of nitrogens with two attached hydrogens (primary N) is 1. The maximum atomic E-state index is 10.4. The monoisotopic (exact) mass is 237 g/mol. The van der Waals surface area contributed by atoms with Gasteiger partial charge in [-0.05, 0) is 12.0 Å². The molecule has 0 aliphatic heterocycles. The first-order valence-corrected chi connectivity index (χ1v) is 6.28. The Labute approximate surface area is 104 Å². The highest BCUT2D eigenvalue weighted by Crippen LogP contribution is 2.23. The predicted molar refractivity (Wildman–Crippen MR) is 69.7 cm³/mol. The van der Waals surface area contributed by atoms with Crippen molar-refractivity contribution in [2.75, 3.05) is 19.8 Å². The zero-order chi connectivity index (χ0) is 12.6. The van der Waals surface area contributed by atoms with Gasteiger partial charge in [-0.2, -0.15) is 0 Å². The smallest absolute Gasteiger partial charge is 0.104 e. The summed E-state index contributed by atoms with van der Waals surface area (Å²) >= 11 is 0. The van der Waals surface area contributed by atoms with Crippen LogP contribution in [0, 0.1) is 0 Å². The standard InChI is InChI=1S/C14H23NO2/c1-2-3-10-17-11-9-14(16,12-15)13-7-5-4-6-8-13/h4-8,16H,2-3,9-12,15H2,1H3. The van der Waals surface area contributed by atoms with Crippen LogP contribution in [0.25, 0.3) is 0 Å². The summed E-state index contributed by atoms with van der Waals surface area (Å²) in [4.78, 5) is 0. The van der Waals surface area contributed by atoms with Crippen molar-refractivity contribution >= 4 is 0 Å². The second kappa shape index (κ2) is 7.43. The molecule has 17 heavy (non-hydrogen) atoms.